The molecule has 1 aliphatic heterocycles. The average Bonchev–Trinajstić information content (AvgIpc) is 2.44. The highest BCUT2D eigenvalue weighted by Crippen LogP contribution is 2.30. The first-order chi connectivity index (χ1) is 9.99. The first-order valence-electron chi connectivity index (χ1n) is 7.66. The fourth-order valence-corrected chi connectivity index (χ4v) is 2.81. The van der Waals surface area contributed by atoms with Gasteiger partial charge in [-0.15, -0.1) is 0 Å². The maximum Gasteiger partial charge on any atom is 0.225 e. The van der Waals surface area contributed by atoms with E-state index in [-0.39, 0.29) is 18.1 Å². The third-order valence-electron chi connectivity index (χ3n) is 3.86. The maximum absolute atomic E-state index is 12.5. The minimum absolute atomic E-state index is 0.0348. The van der Waals surface area contributed by atoms with Gasteiger partial charge >= 0.3 is 0 Å². The molecule has 116 valence electrons. The third-order valence-corrected chi connectivity index (χ3v) is 3.86. The third kappa shape index (κ3) is 4.05. The Hall–Kier alpha value is -1.39. The summed E-state index contributed by atoms with van der Waals surface area (Å²) in [5.74, 6) is 0.0348. The van der Waals surface area contributed by atoms with Crippen LogP contribution in [0.1, 0.15) is 44.4 Å². The van der Waals surface area contributed by atoms with E-state index in [1.165, 1.54) is 5.56 Å². The molecule has 0 saturated carbocycles. The Bertz CT molecular complexity index is 485. The SMILES string of the molecule is CC(O)CN(C(=O)CC1OCCc2ccccc21)C(C)C. The van der Waals surface area contributed by atoms with E-state index >= 15 is 0 Å². The number of aliphatic hydroxyl groups is 1. The first-order valence-corrected chi connectivity index (χ1v) is 7.66. The molecule has 0 aromatic heterocycles. The smallest absolute Gasteiger partial charge is 0.225 e. The van der Waals surface area contributed by atoms with Crippen LogP contribution in [0.3, 0.4) is 0 Å². The summed E-state index contributed by atoms with van der Waals surface area (Å²) in [6.07, 6.45) is 0.554. The Morgan fingerprint density at radius 3 is 2.76 bits per heavy atom. The lowest BCUT2D eigenvalue weighted by Crippen LogP contribution is -2.42. The molecule has 2 rings (SSSR count). The van der Waals surface area contributed by atoms with Gasteiger partial charge in [-0.1, -0.05) is 24.3 Å². The van der Waals surface area contributed by atoms with Crippen LogP contribution < -0.4 is 0 Å². The average molecular weight is 291 g/mol. The van der Waals surface area contributed by atoms with Crippen molar-refractivity contribution < 1.29 is 14.6 Å². The Morgan fingerprint density at radius 2 is 2.10 bits per heavy atom. The normalized spacial score (nSPS) is 19.2. The Morgan fingerprint density at radius 1 is 1.38 bits per heavy atom. The van der Waals surface area contributed by atoms with Crippen LogP contribution in [-0.4, -0.2) is 41.2 Å². The van der Waals surface area contributed by atoms with Crippen molar-refractivity contribution in [3.63, 3.8) is 0 Å². The standard InChI is InChI=1S/C17H25NO3/c1-12(2)18(11-13(3)19)17(20)10-16-15-7-5-4-6-14(15)8-9-21-16/h4-7,12-13,16,19H,8-11H2,1-3H3. The molecule has 0 aliphatic carbocycles. The molecule has 2 atom stereocenters. The summed E-state index contributed by atoms with van der Waals surface area (Å²) in [7, 11) is 0. The molecule has 0 fully saturated rings. The van der Waals surface area contributed by atoms with Gasteiger partial charge in [-0.2, -0.15) is 0 Å². The second kappa shape index (κ2) is 7.05. The van der Waals surface area contributed by atoms with Crippen molar-refractivity contribution in [3.05, 3.63) is 35.4 Å². The molecule has 1 heterocycles. The molecular formula is C17H25NO3. The predicted octanol–water partition coefficient (Wildman–Crippen LogP) is 2.31. The van der Waals surface area contributed by atoms with Crippen LogP contribution in [0.4, 0.5) is 0 Å². The summed E-state index contributed by atoms with van der Waals surface area (Å²) in [6, 6.07) is 8.23. The van der Waals surface area contributed by atoms with Crippen LogP contribution in [0, 0.1) is 0 Å². The zero-order valence-electron chi connectivity index (χ0n) is 13.1. The lowest BCUT2D eigenvalue weighted by molar-refractivity contribution is -0.137. The van der Waals surface area contributed by atoms with Crippen molar-refractivity contribution in [3.8, 4) is 0 Å². The molecule has 0 saturated heterocycles. The summed E-state index contributed by atoms with van der Waals surface area (Å²) in [5.41, 5.74) is 2.39. The molecule has 21 heavy (non-hydrogen) atoms. The van der Waals surface area contributed by atoms with Crippen LogP contribution in [0.15, 0.2) is 24.3 Å². The molecule has 1 aromatic carbocycles. The van der Waals surface area contributed by atoms with Gasteiger partial charge in [0.05, 0.1) is 25.2 Å². The molecule has 2 unspecified atom stereocenters. The van der Waals surface area contributed by atoms with Crippen LogP contribution in [0.5, 0.6) is 0 Å². The lowest BCUT2D eigenvalue weighted by Gasteiger charge is -2.31. The maximum atomic E-state index is 12.5. The number of hydrogen-bond acceptors (Lipinski definition) is 3. The van der Waals surface area contributed by atoms with E-state index in [9.17, 15) is 9.90 Å². The van der Waals surface area contributed by atoms with Gasteiger partial charge in [-0.05, 0) is 38.3 Å². The summed E-state index contributed by atoms with van der Waals surface area (Å²) in [4.78, 5) is 14.3. The van der Waals surface area contributed by atoms with Crippen LogP contribution in [-0.2, 0) is 16.0 Å². The summed E-state index contributed by atoms with van der Waals surface area (Å²) in [6.45, 7) is 6.67. The Kier molecular flexibility index (Phi) is 5.37. The van der Waals surface area contributed by atoms with Gasteiger partial charge < -0.3 is 14.7 Å². The number of benzene rings is 1. The van der Waals surface area contributed by atoms with Gasteiger partial charge in [0, 0.05) is 12.6 Å². The van der Waals surface area contributed by atoms with Crippen LogP contribution in [0.25, 0.3) is 0 Å². The highest BCUT2D eigenvalue weighted by atomic mass is 16.5. The molecule has 0 bridgehead atoms. The fraction of sp³-hybridized carbons (Fsp3) is 0.588. The quantitative estimate of drug-likeness (QED) is 0.905. The van der Waals surface area contributed by atoms with E-state index in [1.54, 1.807) is 11.8 Å². The topological polar surface area (TPSA) is 49.8 Å². The van der Waals surface area contributed by atoms with Gasteiger partial charge in [-0.25, -0.2) is 0 Å². The summed E-state index contributed by atoms with van der Waals surface area (Å²) < 4.78 is 5.80. The van der Waals surface area contributed by atoms with Crippen molar-refractivity contribution in [2.45, 2.75) is 51.9 Å². The zero-order valence-corrected chi connectivity index (χ0v) is 13.1. The molecular weight excluding hydrogens is 266 g/mol. The molecule has 1 N–H and O–H groups in total. The van der Waals surface area contributed by atoms with E-state index in [2.05, 4.69) is 6.07 Å². The van der Waals surface area contributed by atoms with Crippen molar-refractivity contribution in [2.75, 3.05) is 13.2 Å². The van der Waals surface area contributed by atoms with Crippen LogP contribution in [0.2, 0.25) is 0 Å². The van der Waals surface area contributed by atoms with E-state index in [1.807, 2.05) is 32.0 Å². The predicted molar refractivity (Wildman–Crippen MR) is 82.0 cm³/mol. The van der Waals surface area contributed by atoms with Crippen molar-refractivity contribution >= 4 is 5.91 Å². The Balaban J connectivity index is 2.09. The molecule has 4 nitrogen and oxygen atoms in total. The number of carbonyl (C=O) groups excluding carboxylic acids is 1. The number of amides is 1. The fourth-order valence-electron chi connectivity index (χ4n) is 2.81. The number of nitrogens with zero attached hydrogens (tertiary/aromatic N) is 1. The lowest BCUT2D eigenvalue weighted by atomic mass is 9.95. The van der Waals surface area contributed by atoms with E-state index in [0.29, 0.717) is 19.6 Å². The summed E-state index contributed by atoms with van der Waals surface area (Å²) in [5, 5.41) is 9.56. The largest absolute Gasteiger partial charge is 0.392 e. The zero-order chi connectivity index (χ0) is 15.4. The van der Waals surface area contributed by atoms with E-state index in [4.69, 9.17) is 4.74 Å². The van der Waals surface area contributed by atoms with Gasteiger partial charge in [0.25, 0.3) is 0 Å². The monoisotopic (exact) mass is 291 g/mol. The minimum Gasteiger partial charge on any atom is -0.392 e. The number of carbonyl (C=O) groups is 1. The van der Waals surface area contributed by atoms with Gasteiger partial charge in [-0.3, -0.25) is 4.79 Å². The van der Waals surface area contributed by atoms with Gasteiger partial charge in [0.1, 0.15) is 0 Å². The number of hydrogen-bond donors (Lipinski definition) is 1. The summed E-state index contributed by atoms with van der Waals surface area (Å²) >= 11 is 0. The second-order valence-electron chi connectivity index (χ2n) is 6.00. The highest BCUT2D eigenvalue weighted by molar-refractivity contribution is 5.77. The Labute approximate surface area is 126 Å². The van der Waals surface area contributed by atoms with Crippen molar-refractivity contribution in [1.29, 1.82) is 0 Å². The first kappa shape index (κ1) is 16.0. The molecule has 1 aromatic rings. The van der Waals surface area contributed by atoms with Crippen molar-refractivity contribution in [1.82, 2.24) is 4.90 Å². The molecule has 0 spiro atoms. The van der Waals surface area contributed by atoms with Crippen LogP contribution >= 0.6 is 0 Å². The highest BCUT2D eigenvalue weighted by Gasteiger charge is 2.27. The molecule has 1 aliphatic rings. The van der Waals surface area contributed by atoms with E-state index in [0.717, 1.165) is 12.0 Å². The second-order valence-corrected chi connectivity index (χ2v) is 6.00. The number of aliphatic hydroxyl groups excluding tert-OH is 1. The number of rotatable bonds is 5. The van der Waals surface area contributed by atoms with Gasteiger partial charge in [0.2, 0.25) is 5.91 Å². The van der Waals surface area contributed by atoms with Crippen molar-refractivity contribution in [2.24, 2.45) is 0 Å². The minimum atomic E-state index is -0.518. The van der Waals surface area contributed by atoms with Gasteiger partial charge in [0.15, 0.2) is 0 Å². The van der Waals surface area contributed by atoms with E-state index < -0.39 is 6.10 Å². The molecule has 4 heteroatoms. The number of ether oxygens (including phenoxy) is 1. The molecule has 0 radical (unpaired) electrons. The molecule has 1 amide bonds. The number of fused-ring (bicyclic) bond motifs is 1.